The van der Waals surface area contributed by atoms with Crippen LogP contribution in [0.2, 0.25) is 0 Å². The third-order valence-corrected chi connectivity index (χ3v) is 3.46. The smallest absolute Gasteiger partial charge is 0.335 e. The molecule has 128 valence electrons. The van der Waals surface area contributed by atoms with Gasteiger partial charge in [-0.2, -0.15) is 5.26 Å². The Kier molecular flexibility index (Phi) is 6.19. The van der Waals surface area contributed by atoms with Crippen molar-refractivity contribution in [3.63, 3.8) is 0 Å². The van der Waals surface area contributed by atoms with Crippen molar-refractivity contribution >= 4 is 17.6 Å². The predicted molar refractivity (Wildman–Crippen MR) is 95.7 cm³/mol. The summed E-state index contributed by atoms with van der Waals surface area (Å²) in [4.78, 5) is 10.9. The van der Waals surface area contributed by atoms with Gasteiger partial charge in [0.2, 0.25) is 0 Å². The first kappa shape index (κ1) is 18.1. The molecule has 0 unspecified atom stereocenters. The molecule has 0 fully saturated rings. The Morgan fingerprint density at radius 1 is 1.08 bits per heavy atom. The molecule has 0 aliphatic carbocycles. The topological polar surface area (TPSA) is 79.5 Å². The van der Waals surface area contributed by atoms with E-state index in [4.69, 9.17) is 14.6 Å². The highest BCUT2D eigenvalue weighted by molar-refractivity contribution is 5.92. The molecule has 0 atom stereocenters. The molecule has 0 aliphatic rings. The van der Waals surface area contributed by atoms with E-state index < -0.39 is 5.97 Å². The van der Waals surface area contributed by atoms with Gasteiger partial charge >= 0.3 is 5.97 Å². The van der Waals surface area contributed by atoms with Gasteiger partial charge in [-0.1, -0.05) is 12.1 Å². The molecule has 0 heterocycles. The molecule has 0 aliphatic heterocycles. The molecule has 25 heavy (non-hydrogen) atoms. The summed E-state index contributed by atoms with van der Waals surface area (Å²) in [5, 5.41) is 18.4. The van der Waals surface area contributed by atoms with Gasteiger partial charge in [0.25, 0.3) is 0 Å². The summed E-state index contributed by atoms with van der Waals surface area (Å²) in [5.41, 5.74) is 1.99. The molecule has 0 saturated heterocycles. The fourth-order valence-electron chi connectivity index (χ4n) is 2.30. The van der Waals surface area contributed by atoms with Crippen LogP contribution >= 0.6 is 0 Å². The molecule has 0 saturated carbocycles. The molecule has 5 heteroatoms. The Labute approximate surface area is 146 Å². The summed E-state index contributed by atoms with van der Waals surface area (Å²) in [7, 11) is 0. The fraction of sp³-hybridized carbons (Fsp3) is 0.200. The van der Waals surface area contributed by atoms with E-state index in [2.05, 4.69) is 6.07 Å². The third-order valence-electron chi connectivity index (χ3n) is 3.46. The van der Waals surface area contributed by atoms with E-state index in [9.17, 15) is 10.1 Å². The highest BCUT2D eigenvalue weighted by atomic mass is 16.5. The van der Waals surface area contributed by atoms with E-state index in [0.717, 1.165) is 5.56 Å². The second kappa shape index (κ2) is 8.55. The monoisotopic (exact) mass is 337 g/mol. The van der Waals surface area contributed by atoms with Crippen molar-refractivity contribution < 1.29 is 19.4 Å². The van der Waals surface area contributed by atoms with Crippen molar-refractivity contribution in [2.75, 3.05) is 13.2 Å². The van der Waals surface area contributed by atoms with Crippen LogP contribution in [0.25, 0.3) is 11.6 Å². The standard InChI is InChI=1S/C20H19NO4/c1-3-24-18-10-9-16(19(12-18)25-4-2)11-17(13-21)14-5-7-15(8-6-14)20(22)23/h5-12H,3-4H2,1-2H3,(H,22,23)/b17-11-. The van der Waals surface area contributed by atoms with Gasteiger partial charge in [-0.25, -0.2) is 4.79 Å². The number of ether oxygens (including phenoxy) is 2. The highest BCUT2D eigenvalue weighted by Gasteiger charge is 2.08. The summed E-state index contributed by atoms with van der Waals surface area (Å²) in [6.07, 6.45) is 1.72. The van der Waals surface area contributed by atoms with Gasteiger partial charge < -0.3 is 14.6 Å². The summed E-state index contributed by atoms with van der Waals surface area (Å²) in [5.74, 6) is 0.329. The average molecular weight is 337 g/mol. The van der Waals surface area contributed by atoms with Gasteiger partial charge in [0.05, 0.1) is 30.4 Å². The van der Waals surface area contributed by atoms with Crippen LogP contribution in [-0.4, -0.2) is 24.3 Å². The van der Waals surface area contributed by atoms with E-state index in [0.29, 0.717) is 35.8 Å². The minimum absolute atomic E-state index is 0.178. The quantitative estimate of drug-likeness (QED) is 0.603. The minimum Gasteiger partial charge on any atom is -0.494 e. The van der Waals surface area contributed by atoms with Crippen molar-refractivity contribution in [3.05, 3.63) is 59.2 Å². The van der Waals surface area contributed by atoms with E-state index >= 15 is 0 Å². The van der Waals surface area contributed by atoms with Crippen LogP contribution in [0.3, 0.4) is 0 Å². The largest absolute Gasteiger partial charge is 0.494 e. The number of carboxylic acids is 1. The summed E-state index contributed by atoms with van der Waals surface area (Å²) in [6.45, 7) is 4.84. The van der Waals surface area contributed by atoms with Crippen LogP contribution < -0.4 is 9.47 Å². The van der Waals surface area contributed by atoms with E-state index in [1.807, 2.05) is 26.0 Å². The Bertz CT molecular complexity index is 817. The zero-order valence-corrected chi connectivity index (χ0v) is 14.2. The number of nitriles is 1. The number of nitrogens with zero attached hydrogens (tertiary/aromatic N) is 1. The van der Waals surface area contributed by atoms with Gasteiger partial charge in [0, 0.05) is 11.6 Å². The first-order valence-corrected chi connectivity index (χ1v) is 7.94. The van der Waals surface area contributed by atoms with Crippen LogP contribution in [0.5, 0.6) is 11.5 Å². The molecule has 2 rings (SSSR count). The number of hydrogen-bond acceptors (Lipinski definition) is 4. The molecule has 0 amide bonds. The zero-order chi connectivity index (χ0) is 18.2. The molecule has 0 spiro atoms. The average Bonchev–Trinajstić information content (AvgIpc) is 2.62. The lowest BCUT2D eigenvalue weighted by Crippen LogP contribution is -1.97. The van der Waals surface area contributed by atoms with Crippen molar-refractivity contribution in [1.29, 1.82) is 5.26 Å². The van der Waals surface area contributed by atoms with Crippen LogP contribution in [0.4, 0.5) is 0 Å². The number of carbonyl (C=O) groups is 1. The first-order chi connectivity index (χ1) is 12.1. The molecule has 0 radical (unpaired) electrons. The molecule has 0 aromatic heterocycles. The lowest BCUT2D eigenvalue weighted by atomic mass is 10.0. The first-order valence-electron chi connectivity index (χ1n) is 7.94. The summed E-state index contributed by atoms with van der Waals surface area (Å²) < 4.78 is 11.1. The van der Waals surface area contributed by atoms with Crippen LogP contribution in [0, 0.1) is 11.3 Å². The second-order valence-corrected chi connectivity index (χ2v) is 5.12. The lowest BCUT2D eigenvalue weighted by Gasteiger charge is -2.11. The van der Waals surface area contributed by atoms with Crippen LogP contribution in [0.15, 0.2) is 42.5 Å². The van der Waals surface area contributed by atoms with E-state index in [1.165, 1.54) is 12.1 Å². The van der Waals surface area contributed by atoms with Crippen molar-refractivity contribution in [2.24, 2.45) is 0 Å². The number of hydrogen-bond donors (Lipinski definition) is 1. The molecule has 2 aromatic rings. The van der Waals surface area contributed by atoms with Crippen LogP contribution in [0.1, 0.15) is 35.3 Å². The highest BCUT2D eigenvalue weighted by Crippen LogP contribution is 2.29. The lowest BCUT2D eigenvalue weighted by molar-refractivity contribution is 0.0697. The van der Waals surface area contributed by atoms with Gasteiger partial charge in [0.15, 0.2) is 0 Å². The number of rotatable bonds is 7. The molecular formula is C20H19NO4. The van der Waals surface area contributed by atoms with Gasteiger partial charge in [-0.15, -0.1) is 0 Å². The van der Waals surface area contributed by atoms with Gasteiger partial charge in [0.1, 0.15) is 11.5 Å². The second-order valence-electron chi connectivity index (χ2n) is 5.12. The molecule has 2 aromatic carbocycles. The summed E-state index contributed by atoms with van der Waals surface area (Å²) >= 11 is 0. The fourth-order valence-corrected chi connectivity index (χ4v) is 2.30. The maximum absolute atomic E-state index is 10.9. The number of aromatic carboxylic acids is 1. The maximum Gasteiger partial charge on any atom is 0.335 e. The van der Waals surface area contributed by atoms with Crippen molar-refractivity contribution in [2.45, 2.75) is 13.8 Å². The summed E-state index contributed by atoms with van der Waals surface area (Å²) in [6, 6.07) is 13.8. The van der Waals surface area contributed by atoms with Crippen molar-refractivity contribution in [3.8, 4) is 17.6 Å². The number of allylic oxidation sites excluding steroid dienone is 1. The Hall–Kier alpha value is -3.26. The molecule has 5 nitrogen and oxygen atoms in total. The zero-order valence-electron chi connectivity index (χ0n) is 14.2. The van der Waals surface area contributed by atoms with E-state index in [1.54, 1.807) is 24.3 Å². The predicted octanol–water partition coefficient (Wildman–Crippen LogP) is 4.25. The van der Waals surface area contributed by atoms with Gasteiger partial charge in [-0.05, 0) is 49.8 Å². The normalized spacial score (nSPS) is 10.8. The maximum atomic E-state index is 10.9. The van der Waals surface area contributed by atoms with Gasteiger partial charge in [-0.3, -0.25) is 0 Å². The molecule has 1 N–H and O–H groups in total. The SMILES string of the molecule is CCOc1ccc(/C=C(/C#N)c2ccc(C(=O)O)cc2)c(OCC)c1. The Balaban J connectivity index is 2.41. The Morgan fingerprint density at radius 3 is 2.28 bits per heavy atom. The van der Waals surface area contributed by atoms with Crippen LogP contribution in [-0.2, 0) is 0 Å². The Morgan fingerprint density at radius 2 is 1.72 bits per heavy atom. The number of benzene rings is 2. The third kappa shape index (κ3) is 4.61. The van der Waals surface area contributed by atoms with E-state index in [-0.39, 0.29) is 5.56 Å². The molecule has 0 bridgehead atoms. The van der Waals surface area contributed by atoms with Crippen molar-refractivity contribution in [1.82, 2.24) is 0 Å². The minimum atomic E-state index is -1.00. The molecular weight excluding hydrogens is 318 g/mol. The number of carboxylic acid groups (broad SMARTS) is 1.